The molecule has 3 fully saturated rings. The molecule has 4 amide bonds. The number of amides is 4. The van der Waals surface area contributed by atoms with Gasteiger partial charge in [0.2, 0.25) is 6.41 Å². The van der Waals surface area contributed by atoms with E-state index in [4.69, 9.17) is 11.5 Å². The van der Waals surface area contributed by atoms with Crippen LogP contribution in [-0.4, -0.2) is 58.4 Å². The van der Waals surface area contributed by atoms with Crippen molar-refractivity contribution in [2.45, 2.75) is 84.7 Å². The van der Waals surface area contributed by atoms with Gasteiger partial charge in [-0.05, 0) is 50.5 Å². The molecule has 10 nitrogen and oxygen atoms in total. The molecule has 4 aliphatic rings. The number of fused-ring (bicyclic) bond motifs is 4. The number of hydrogen-bond acceptors (Lipinski definition) is 6. The number of nitrogens with two attached hydrogens (primary N) is 2. The average Bonchev–Trinajstić information content (AvgIpc) is 3.04. The van der Waals surface area contributed by atoms with Crippen LogP contribution in [0, 0.1) is 5.92 Å². The molecule has 2 aliphatic heterocycles. The van der Waals surface area contributed by atoms with Gasteiger partial charge in [-0.25, -0.2) is 9.79 Å². The zero-order valence-corrected chi connectivity index (χ0v) is 22.6. The largest absolute Gasteiger partial charge is 0.510 e. The fourth-order valence-corrected chi connectivity index (χ4v) is 4.64. The Bertz CT molecular complexity index is 909. The SMILES string of the molecule is C/C(O)=C(\N=C1N(C=O)CC2(NC(N)=O)CCC1(N)CC2)C(=O)NCC1=CC(C)CC=C1.CC.CC. The maximum absolute atomic E-state index is 12.9. The van der Waals surface area contributed by atoms with Crippen LogP contribution in [0.25, 0.3) is 0 Å². The van der Waals surface area contributed by atoms with Crippen LogP contribution in [0.15, 0.2) is 40.2 Å². The molecule has 7 N–H and O–H groups in total. The Balaban J connectivity index is 0.00000154. The number of hydrogen-bond donors (Lipinski definition) is 5. The lowest BCUT2D eigenvalue weighted by molar-refractivity contribution is -0.118. The summed E-state index contributed by atoms with van der Waals surface area (Å²) >= 11 is 0. The van der Waals surface area contributed by atoms with Gasteiger partial charge in [0, 0.05) is 6.54 Å². The molecule has 0 aromatic heterocycles. The first kappa shape index (κ1) is 30.9. The fraction of sp³-hybridized carbons (Fsp3) is 0.615. The molecule has 2 aliphatic carbocycles. The summed E-state index contributed by atoms with van der Waals surface area (Å²) in [7, 11) is 0. The second kappa shape index (κ2) is 13.8. The highest BCUT2D eigenvalue weighted by molar-refractivity contribution is 6.03. The third kappa shape index (κ3) is 7.68. The van der Waals surface area contributed by atoms with E-state index >= 15 is 0 Å². The first-order chi connectivity index (χ1) is 17.1. The molecule has 0 radical (unpaired) electrons. The minimum absolute atomic E-state index is 0.131. The lowest BCUT2D eigenvalue weighted by atomic mass is 9.74. The number of nitrogens with zero attached hydrogens (tertiary/aromatic N) is 2. The summed E-state index contributed by atoms with van der Waals surface area (Å²) in [5.41, 5.74) is 11.1. The van der Waals surface area contributed by atoms with Crippen molar-refractivity contribution in [3.63, 3.8) is 0 Å². The summed E-state index contributed by atoms with van der Waals surface area (Å²) in [5, 5.41) is 15.7. The smallest absolute Gasteiger partial charge is 0.312 e. The lowest BCUT2D eigenvalue weighted by Crippen LogP contribution is -2.57. The highest BCUT2D eigenvalue weighted by atomic mass is 16.3. The van der Waals surface area contributed by atoms with Crippen LogP contribution in [0.3, 0.4) is 0 Å². The Hall–Kier alpha value is -3.14. The normalized spacial score (nSPS) is 28.3. The Kier molecular flexibility index (Phi) is 11.9. The highest BCUT2D eigenvalue weighted by Crippen LogP contribution is 2.39. The zero-order chi connectivity index (χ0) is 27.5. The standard InChI is InChI=1S/C22H32N6O4.2C2H6/c1-14-4-3-5-16(10-14)11-25-18(31)17(15(2)30)26-19-22(24)8-6-21(7-9-22,27-20(23)32)12-28(19)13-29;2*1-2/h3,5,10,13-14,30H,4,6-9,11-12,24H2,1-2H3,(H,25,31)(H3,23,27,32);2*1-2H3/b17-15+,26-19?;;. The van der Waals surface area contributed by atoms with Gasteiger partial charge in [0.05, 0.1) is 17.6 Å². The molecule has 36 heavy (non-hydrogen) atoms. The van der Waals surface area contributed by atoms with Crippen molar-refractivity contribution in [1.29, 1.82) is 0 Å². The topological polar surface area (TPSA) is 163 Å². The van der Waals surface area contributed by atoms with Crippen molar-refractivity contribution in [1.82, 2.24) is 15.5 Å². The maximum atomic E-state index is 12.9. The number of carbonyl (C=O) groups is 3. The minimum atomic E-state index is -0.981. The summed E-state index contributed by atoms with van der Waals surface area (Å²) in [6, 6.07) is -0.674. The van der Waals surface area contributed by atoms with E-state index in [1.165, 1.54) is 11.8 Å². The summed E-state index contributed by atoms with van der Waals surface area (Å²) in [6.07, 6.45) is 9.53. The lowest BCUT2D eigenvalue weighted by Gasteiger charge is -2.39. The number of aliphatic hydroxyl groups excluding tert-OH is 1. The number of primary amides is 1. The molecule has 4 rings (SSSR count). The van der Waals surface area contributed by atoms with E-state index in [0.717, 1.165) is 12.0 Å². The second-order valence-electron chi connectivity index (χ2n) is 9.07. The Morgan fingerprint density at radius 2 is 1.83 bits per heavy atom. The van der Waals surface area contributed by atoms with Gasteiger partial charge in [-0.15, -0.1) is 0 Å². The van der Waals surface area contributed by atoms with Crippen LogP contribution < -0.4 is 22.1 Å². The molecule has 202 valence electrons. The Labute approximate surface area is 215 Å². The third-order valence-electron chi connectivity index (χ3n) is 6.37. The maximum Gasteiger partial charge on any atom is 0.312 e. The minimum Gasteiger partial charge on any atom is -0.510 e. The third-order valence-corrected chi connectivity index (χ3v) is 6.37. The van der Waals surface area contributed by atoms with E-state index in [2.05, 4.69) is 34.7 Å². The van der Waals surface area contributed by atoms with E-state index in [0.29, 0.717) is 38.0 Å². The molecule has 1 atom stereocenters. The predicted molar refractivity (Wildman–Crippen MR) is 143 cm³/mol. The van der Waals surface area contributed by atoms with Crippen LogP contribution in [0.4, 0.5) is 4.79 Å². The monoisotopic (exact) mass is 504 g/mol. The van der Waals surface area contributed by atoms with Gasteiger partial charge in [-0.1, -0.05) is 52.8 Å². The predicted octanol–water partition coefficient (Wildman–Crippen LogP) is 3.02. The molecule has 2 heterocycles. The van der Waals surface area contributed by atoms with Gasteiger partial charge in [-0.2, -0.15) is 0 Å². The molecule has 1 saturated carbocycles. The first-order valence-electron chi connectivity index (χ1n) is 12.8. The van der Waals surface area contributed by atoms with E-state index in [-0.39, 0.29) is 30.4 Å². The number of amidine groups is 1. The summed E-state index contributed by atoms with van der Waals surface area (Å²) in [6.45, 7) is 11.9. The number of allylic oxidation sites excluding steroid dienone is 3. The highest BCUT2D eigenvalue weighted by Gasteiger charge is 2.51. The zero-order valence-electron chi connectivity index (χ0n) is 22.6. The molecule has 0 aromatic carbocycles. The number of aliphatic hydroxyl groups is 1. The van der Waals surface area contributed by atoms with E-state index in [1.54, 1.807) is 0 Å². The second-order valence-corrected chi connectivity index (χ2v) is 9.07. The molecular formula is C26H44N6O4. The summed E-state index contributed by atoms with van der Waals surface area (Å²) in [4.78, 5) is 42.1. The first-order valence-corrected chi connectivity index (χ1v) is 12.8. The number of rotatable bonds is 6. The molecule has 0 spiro atoms. The summed E-state index contributed by atoms with van der Waals surface area (Å²) < 4.78 is 0. The van der Waals surface area contributed by atoms with Crippen LogP contribution in [0.2, 0.25) is 0 Å². The van der Waals surface area contributed by atoms with Gasteiger partial charge >= 0.3 is 6.03 Å². The van der Waals surface area contributed by atoms with Crippen molar-refractivity contribution in [3.8, 4) is 0 Å². The van der Waals surface area contributed by atoms with Gasteiger partial charge in [0.15, 0.2) is 5.70 Å². The number of carbonyl (C=O) groups excluding carboxylic acids is 3. The van der Waals surface area contributed by atoms with E-state index in [1.807, 2.05) is 33.8 Å². The fourth-order valence-electron chi connectivity index (χ4n) is 4.64. The van der Waals surface area contributed by atoms with Crippen LogP contribution in [0.1, 0.15) is 73.6 Å². The summed E-state index contributed by atoms with van der Waals surface area (Å²) in [5.74, 6) is -0.261. The van der Waals surface area contributed by atoms with Crippen LogP contribution >= 0.6 is 0 Å². The molecule has 0 aromatic rings. The van der Waals surface area contributed by atoms with E-state index < -0.39 is 23.0 Å². The molecular weight excluding hydrogens is 460 g/mol. The number of nitrogens with one attached hydrogen (secondary N) is 2. The quantitative estimate of drug-likeness (QED) is 0.213. The Morgan fingerprint density at radius 3 is 2.33 bits per heavy atom. The van der Waals surface area contributed by atoms with Crippen LogP contribution in [-0.2, 0) is 9.59 Å². The van der Waals surface area contributed by atoms with Crippen molar-refractivity contribution >= 4 is 24.2 Å². The molecule has 2 bridgehead atoms. The van der Waals surface area contributed by atoms with Crippen molar-refractivity contribution in [2.24, 2.45) is 22.4 Å². The van der Waals surface area contributed by atoms with E-state index in [9.17, 15) is 19.5 Å². The Morgan fingerprint density at radius 1 is 1.22 bits per heavy atom. The van der Waals surface area contributed by atoms with Gasteiger partial charge in [0.25, 0.3) is 5.91 Å². The molecule has 10 heteroatoms. The van der Waals surface area contributed by atoms with Crippen molar-refractivity contribution in [3.05, 3.63) is 35.3 Å². The molecule has 1 unspecified atom stereocenters. The van der Waals surface area contributed by atoms with Gasteiger partial charge < -0.3 is 27.2 Å². The number of urea groups is 1. The van der Waals surface area contributed by atoms with Gasteiger partial charge in [-0.3, -0.25) is 14.5 Å². The van der Waals surface area contributed by atoms with Crippen molar-refractivity contribution < 1.29 is 19.5 Å². The van der Waals surface area contributed by atoms with Crippen LogP contribution in [0.5, 0.6) is 0 Å². The van der Waals surface area contributed by atoms with Gasteiger partial charge in [0.1, 0.15) is 11.6 Å². The van der Waals surface area contributed by atoms with Crippen molar-refractivity contribution in [2.75, 3.05) is 13.1 Å². The molecule has 2 saturated heterocycles. The number of aliphatic imine (C=N–C) groups is 1. The average molecular weight is 505 g/mol.